The van der Waals surface area contributed by atoms with Gasteiger partial charge in [0.15, 0.2) is 6.10 Å². The van der Waals surface area contributed by atoms with Gasteiger partial charge in [0, 0.05) is 6.20 Å². The molecule has 15 heavy (non-hydrogen) atoms. The van der Waals surface area contributed by atoms with Crippen molar-refractivity contribution < 1.29 is 17.9 Å². The van der Waals surface area contributed by atoms with Crippen molar-refractivity contribution in [1.29, 1.82) is 0 Å². The summed E-state index contributed by atoms with van der Waals surface area (Å²) in [5.41, 5.74) is 0.500. The smallest absolute Gasteiger partial charge is 0.363 e. The Morgan fingerprint density at radius 1 is 1.40 bits per heavy atom. The van der Waals surface area contributed by atoms with Crippen molar-refractivity contribution in [2.45, 2.75) is 32.2 Å². The molecule has 0 spiro atoms. The summed E-state index contributed by atoms with van der Waals surface area (Å²) in [5.74, 6) is 0. The highest BCUT2D eigenvalue weighted by Crippen LogP contribution is 2.25. The predicted octanol–water partition coefficient (Wildman–Crippen LogP) is 2.94. The van der Waals surface area contributed by atoms with Crippen LogP contribution in [0.1, 0.15) is 19.0 Å². The van der Waals surface area contributed by atoms with Gasteiger partial charge in [0.25, 0.3) is 0 Å². The molecule has 1 rings (SSSR count). The second-order valence-electron chi connectivity index (χ2n) is 3.07. The van der Waals surface area contributed by atoms with E-state index in [0.29, 0.717) is 5.69 Å². The van der Waals surface area contributed by atoms with Crippen LogP contribution in [-0.4, -0.2) is 17.3 Å². The van der Waals surface area contributed by atoms with Gasteiger partial charge in [0.1, 0.15) is 0 Å². The molecular weight excluding hydrogens is 207 g/mol. The van der Waals surface area contributed by atoms with Crippen LogP contribution in [0.2, 0.25) is 0 Å². The predicted molar refractivity (Wildman–Crippen MR) is 49.2 cm³/mol. The van der Waals surface area contributed by atoms with E-state index < -0.39 is 12.3 Å². The second-order valence-corrected chi connectivity index (χ2v) is 3.07. The van der Waals surface area contributed by atoms with Crippen molar-refractivity contribution in [2.24, 2.45) is 0 Å². The van der Waals surface area contributed by atoms with Crippen LogP contribution in [0.3, 0.4) is 0 Å². The van der Waals surface area contributed by atoms with E-state index in [9.17, 15) is 13.2 Å². The standard InChI is InChI=1S/C10H12F3NO/c1-2-9(10(11,12)13)15-7-8-5-3-4-6-14-8/h3-6,9H,2,7H2,1H3. The van der Waals surface area contributed by atoms with Crippen LogP contribution in [0.4, 0.5) is 13.2 Å². The van der Waals surface area contributed by atoms with E-state index >= 15 is 0 Å². The van der Waals surface area contributed by atoms with Crippen molar-refractivity contribution in [2.75, 3.05) is 0 Å². The van der Waals surface area contributed by atoms with E-state index in [-0.39, 0.29) is 13.0 Å². The average Bonchev–Trinajstić information content (AvgIpc) is 2.18. The van der Waals surface area contributed by atoms with E-state index in [1.165, 1.54) is 13.1 Å². The molecule has 1 atom stereocenters. The molecule has 0 saturated heterocycles. The Balaban J connectivity index is 2.49. The summed E-state index contributed by atoms with van der Waals surface area (Å²) in [6, 6.07) is 5.04. The fraction of sp³-hybridized carbons (Fsp3) is 0.500. The number of aromatic nitrogens is 1. The molecule has 0 N–H and O–H groups in total. The van der Waals surface area contributed by atoms with Crippen LogP contribution in [0.5, 0.6) is 0 Å². The highest BCUT2D eigenvalue weighted by Gasteiger charge is 2.39. The Hall–Kier alpha value is -1.10. The van der Waals surface area contributed by atoms with Crippen molar-refractivity contribution >= 4 is 0 Å². The Bertz CT molecular complexity index is 286. The first-order chi connectivity index (χ1) is 7.04. The maximum atomic E-state index is 12.3. The fourth-order valence-electron chi connectivity index (χ4n) is 1.11. The van der Waals surface area contributed by atoms with Crippen LogP contribution >= 0.6 is 0 Å². The van der Waals surface area contributed by atoms with Gasteiger partial charge in [-0.25, -0.2) is 0 Å². The van der Waals surface area contributed by atoms with Crippen LogP contribution in [0.25, 0.3) is 0 Å². The van der Waals surface area contributed by atoms with Crippen LogP contribution in [-0.2, 0) is 11.3 Å². The second kappa shape index (κ2) is 5.11. The van der Waals surface area contributed by atoms with Gasteiger partial charge >= 0.3 is 6.18 Å². The van der Waals surface area contributed by atoms with Gasteiger partial charge in [0.2, 0.25) is 0 Å². The quantitative estimate of drug-likeness (QED) is 0.776. The summed E-state index contributed by atoms with van der Waals surface area (Å²) >= 11 is 0. The van der Waals surface area contributed by atoms with Crippen LogP contribution in [0, 0.1) is 0 Å². The SMILES string of the molecule is CCC(OCc1ccccn1)C(F)(F)F. The maximum absolute atomic E-state index is 12.3. The summed E-state index contributed by atoms with van der Waals surface area (Å²) in [6.45, 7) is 1.33. The molecule has 0 bridgehead atoms. The Morgan fingerprint density at radius 3 is 2.60 bits per heavy atom. The van der Waals surface area contributed by atoms with Crippen molar-refractivity contribution in [3.63, 3.8) is 0 Å². The van der Waals surface area contributed by atoms with E-state index in [1.807, 2.05) is 0 Å². The summed E-state index contributed by atoms with van der Waals surface area (Å²) in [6.07, 6.45) is -4.58. The lowest BCUT2D eigenvalue weighted by molar-refractivity contribution is -0.224. The van der Waals surface area contributed by atoms with Gasteiger partial charge in [-0.15, -0.1) is 0 Å². The number of alkyl halides is 3. The molecule has 0 fully saturated rings. The van der Waals surface area contributed by atoms with Crippen molar-refractivity contribution in [3.05, 3.63) is 30.1 Å². The number of rotatable bonds is 4. The summed E-state index contributed by atoms with van der Waals surface area (Å²) in [5, 5.41) is 0. The minimum Gasteiger partial charge on any atom is -0.363 e. The Kier molecular flexibility index (Phi) is 4.08. The molecular formula is C10H12F3NO. The molecule has 2 nitrogen and oxygen atoms in total. The molecule has 84 valence electrons. The molecule has 0 aliphatic heterocycles. The average molecular weight is 219 g/mol. The van der Waals surface area contributed by atoms with Gasteiger partial charge in [-0.1, -0.05) is 13.0 Å². The monoisotopic (exact) mass is 219 g/mol. The van der Waals surface area contributed by atoms with E-state index in [1.54, 1.807) is 18.2 Å². The number of halogens is 3. The van der Waals surface area contributed by atoms with Crippen LogP contribution in [0.15, 0.2) is 24.4 Å². The van der Waals surface area contributed by atoms with Gasteiger partial charge in [-0.2, -0.15) is 13.2 Å². The molecule has 1 unspecified atom stereocenters. The molecule has 0 radical (unpaired) electrons. The molecule has 0 aromatic carbocycles. The van der Waals surface area contributed by atoms with Crippen LogP contribution < -0.4 is 0 Å². The van der Waals surface area contributed by atoms with Crippen molar-refractivity contribution in [3.8, 4) is 0 Å². The number of hydrogen-bond acceptors (Lipinski definition) is 2. The lowest BCUT2D eigenvalue weighted by Crippen LogP contribution is -2.30. The maximum Gasteiger partial charge on any atom is 0.414 e. The number of nitrogens with zero attached hydrogens (tertiary/aromatic N) is 1. The zero-order valence-electron chi connectivity index (χ0n) is 8.29. The minimum absolute atomic E-state index is 0.0870. The topological polar surface area (TPSA) is 22.1 Å². The molecule has 0 aliphatic carbocycles. The largest absolute Gasteiger partial charge is 0.414 e. The van der Waals surface area contributed by atoms with E-state index in [2.05, 4.69) is 4.98 Å². The summed E-state index contributed by atoms with van der Waals surface area (Å²) in [4.78, 5) is 3.87. The molecule has 1 aromatic heterocycles. The first-order valence-electron chi connectivity index (χ1n) is 4.62. The molecule has 0 aliphatic rings. The Labute approximate surface area is 86.1 Å². The zero-order chi connectivity index (χ0) is 11.3. The number of ether oxygens (including phenoxy) is 1. The van der Waals surface area contributed by atoms with Gasteiger partial charge < -0.3 is 4.74 Å². The molecule has 1 heterocycles. The van der Waals surface area contributed by atoms with Crippen molar-refractivity contribution in [1.82, 2.24) is 4.98 Å². The molecule has 1 aromatic rings. The zero-order valence-corrected chi connectivity index (χ0v) is 8.29. The Morgan fingerprint density at radius 2 is 2.13 bits per heavy atom. The molecule has 5 heteroatoms. The third-order valence-corrected chi connectivity index (χ3v) is 1.89. The normalized spacial score (nSPS) is 13.9. The van der Waals surface area contributed by atoms with Gasteiger partial charge in [0.05, 0.1) is 12.3 Å². The summed E-state index contributed by atoms with van der Waals surface area (Å²) < 4.78 is 41.6. The molecule has 0 amide bonds. The minimum atomic E-state index is -4.30. The first-order valence-corrected chi connectivity index (χ1v) is 4.62. The lowest BCUT2D eigenvalue weighted by atomic mass is 10.2. The van der Waals surface area contributed by atoms with E-state index in [4.69, 9.17) is 4.74 Å². The number of hydrogen-bond donors (Lipinski definition) is 0. The van der Waals surface area contributed by atoms with Gasteiger partial charge in [-0.05, 0) is 18.6 Å². The van der Waals surface area contributed by atoms with E-state index in [0.717, 1.165) is 0 Å². The third-order valence-electron chi connectivity index (χ3n) is 1.89. The third kappa shape index (κ3) is 3.87. The first kappa shape index (κ1) is 12.0. The van der Waals surface area contributed by atoms with Gasteiger partial charge in [-0.3, -0.25) is 4.98 Å². The highest BCUT2D eigenvalue weighted by atomic mass is 19.4. The lowest BCUT2D eigenvalue weighted by Gasteiger charge is -2.18. The highest BCUT2D eigenvalue weighted by molar-refractivity contribution is 5.01. The molecule has 0 saturated carbocycles. The number of pyridine rings is 1. The fourth-order valence-corrected chi connectivity index (χ4v) is 1.11. The summed E-state index contributed by atoms with van der Waals surface area (Å²) in [7, 11) is 0.